The van der Waals surface area contributed by atoms with E-state index in [1.165, 1.54) is 19.4 Å². The first kappa shape index (κ1) is 52.1. The highest BCUT2D eigenvalue weighted by Crippen LogP contribution is 2.20. The molecule has 0 aliphatic rings. The number of aromatic nitrogens is 3. The van der Waals surface area contributed by atoms with Gasteiger partial charge in [-0.05, 0) is 42.9 Å². The third kappa shape index (κ3) is 19.0. The highest BCUT2D eigenvalue weighted by atomic mass is 16.2. The molecule has 0 bridgehead atoms. The van der Waals surface area contributed by atoms with E-state index in [0.29, 0.717) is 34.6 Å². The van der Waals surface area contributed by atoms with E-state index in [9.17, 15) is 44.6 Å². The number of aromatic amines is 2. The largest absolute Gasteiger partial charge is 0.370 e. The number of carbonyl (C=O) groups is 9. The second kappa shape index (κ2) is 28.2. The maximum atomic E-state index is 14.8. The van der Waals surface area contributed by atoms with Gasteiger partial charge in [0, 0.05) is 68.1 Å². The van der Waals surface area contributed by atoms with Crippen molar-refractivity contribution in [3.05, 3.63) is 90.1 Å². The molecule has 0 unspecified atom stereocenters. The van der Waals surface area contributed by atoms with Crippen molar-refractivity contribution in [1.29, 1.82) is 0 Å². The molecule has 24 heteroatoms. The fourth-order valence-corrected chi connectivity index (χ4v) is 7.39. The zero-order valence-corrected chi connectivity index (χ0v) is 39.7. The number of H-pyrrole nitrogens is 2. The highest BCUT2D eigenvalue weighted by molar-refractivity contribution is 5.98. The molecule has 24 nitrogen and oxygen atoms in total. The lowest BCUT2D eigenvalue weighted by molar-refractivity contribution is -0.135. The number of nitrogens with two attached hydrogens (primary N) is 4. The molecule has 0 radical (unpaired) electrons. The fraction of sp³-hybridized carbons (Fsp3) is 0.426. The highest BCUT2D eigenvalue weighted by Gasteiger charge is 2.34. The maximum absolute atomic E-state index is 14.8. The number of guanidine groups is 1. The maximum Gasteiger partial charge on any atom is 0.243 e. The molecule has 17 N–H and O–H groups in total. The van der Waals surface area contributed by atoms with Gasteiger partial charge in [-0.1, -0.05) is 68.3 Å². The Labute approximate surface area is 412 Å². The van der Waals surface area contributed by atoms with Gasteiger partial charge in [0.1, 0.15) is 36.3 Å². The van der Waals surface area contributed by atoms with E-state index in [0.717, 1.165) is 10.9 Å². The number of primary amides is 2. The standard InChI is InChI=1S/C47H65N15O9/c1-3-4-14-33(57-27(2)63)42(67)59-35(17-18-39(48)64)44(69)62-38(22-30-24-52-26-56-30)46(71)60-36(20-28-11-6-5-7-12-28)45(70)58-34(16-10-19-53-47(50)51)43(68)61-37(41(66)55-25-40(49)65)21-29-23-54-32-15-9-8-13-31(29)32/h5-9,11-13,15,23-24,26,33-38,54H,3-4,10,14,16-22,25H2,1-2H3,(H2,48,64)(H2,49,65)(H,52,56)(H,55,66)(H,57,63)(H,58,70)(H,59,67)(H,60,71)(H,61,68)(H,62,69)(H4,50,51,53)/t33-,34-,35-,36-,37-,38-/m0/s1/i/hD2. The molecular weight excluding hydrogens is 919 g/mol. The number of nitrogens with zero attached hydrogens (tertiary/aromatic N) is 2. The quantitative estimate of drug-likeness (QED) is 0.0153. The monoisotopic (exact) mass is 986 g/mol. The Kier molecular flexibility index (Phi) is 20.7. The van der Waals surface area contributed by atoms with Crippen molar-refractivity contribution in [3.63, 3.8) is 0 Å². The lowest BCUT2D eigenvalue weighted by Crippen LogP contribution is -2.60. The number of carbonyl (C=O) groups excluding carboxylic acids is 9. The minimum Gasteiger partial charge on any atom is -0.370 e. The number of fused-ring (bicyclic) bond motifs is 1. The van der Waals surface area contributed by atoms with Crippen molar-refractivity contribution in [3.8, 4) is 0 Å². The van der Waals surface area contributed by atoms with Gasteiger partial charge in [0.05, 0.1) is 12.9 Å². The van der Waals surface area contributed by atoms with Crippen molar-refractivity contribution in [2.75, 3.05) is 13.1 Å². The molecule has 9 amide bonds. The van der Waals surface area contributed by atoms with Crippen LogP contribution in [0.5, 0.6) is 0 Å². The van der Waals surface area contributed by atoms with Crippen molar-refractivity contribution in [2.45, 2.75) is 114 Å². The van der Waals surface area contributed by atoms with Crippen molar-refractivity contribution in [1.82, 2.24) is 52.2 Å². The minimum atomic E-state index is -1.78. The van der Waals surface area contributed by atoms with E-state index in [1.807, 2.05) is 13.0 Å². The number of nitrogens with one attached hydrogen (secondary N) is 9. The summed E-state index contributed by atoms with van der Waals surface area (Å²) in [4.78, 5) is 135. The van der Waals surface area contributed by atoms with Crippen molar-refractivity contribution in [2.24, 2.45) is 27.9 Å². The average Bonchev–Trinajstić information content (AvgIpc) is 4.03. The Hall–Kier alpha value is -8.31. The van der Waals surface area contributed by atoms with Crippen LogP contribution in [0.25, 0.3) is 10.9 Å². The normalized spacial score (nSPS) is 13.8. The van der Waals surface area contributed by atoms with Crippen LogP contribution in [0.4, 0.5) is 0 Å². The Morgan fingerprint density at radius 3 is 1.90 bits per heavy atom. The summed E-state index contributed by atoms with van der Waals surface area (Å²) in [7, 11) is 0. The molecule has 2 aromatic heterocycles. The predicted octanol–water partition coefficient (Wildman–Crippen LogP) is -2.04. The van der Waals surface area contributed by atoms with Gasteiger partial charge in [-0.3, -0.25) is 48.1 Å². The van der Waals surface area contributed by atoms with Crippen molar-refractivity contribution < 1.29 is 46.0 Å². The first-order valence-corrected chi connectivity index (χ1v) is 23.1. The Balaban J connectivity index is 1.72. The van der Waals surface area contributed by atoms with Crippen LogP contribution in [0, 0.1) is 0 Å². The summed E-state index contributed by atoms with van der Waals surface area (Å²) < 4.78 is 18.4. The summed E-state index contributed by atoms with van der Waals surface area (Å²) in [5.74, 6) is -8.39. The SMILES string of the molecule is [2H]N(C(=O)[C@H](CCC(N)=O)NC(=O)[C@H](CCCC)NC(C)=O)[C@@H](Cc1cnc[nH]1)C(=O)N[C@@H](Cc1ccccc1)C(=O)N([2H])[C@@H](CCCN=C(N)N)C(=O)N[C@@H](Cc1c[nH]c2ccccc12)C(=O)NCC(N)=O. The van der Waals surface area contributed by atoms with Crippen molar-refractivity contribution >= 4 is 70.0 Å². The molecule has 0 spiro atoms. The number of para-hydroxylation sites is 1. The van der Waals surface area contributed by atoms with E-state index in [1.54, 1.807) is 54.7 Å². The third-order valence-corrected chi connectivity index (χ3v) is 11.0. The first-order valence-electron chi connectivity index (χ1n) is 24.0. The van der Waals surface area contributed by atoms with Gasteiger partial charge in [0.2, 0.25) is 53.2 Å². The summed E-state index contributed by atoms with van der Waals surface area (Å²) in [6.45, 7) is 2.49. The molecule has 2 aromatic carbocycles. The first-order chi connectivity index (χ1) is 34.8. The number of hydrogen-bond acceptors (Lipinski definition) is 11. The van der Waals surface area contributed by atoms with Gasteiger partial charge in [-0.25, -0.2) is 4.98 Å². The molecule has 382 valence electrons. The topological polar surface area (TPSA) is 399 Å². The lowest BCUT2D eigenvalue weighted by Gasteiger charge is -2.28. The van der Waals surface area contributed by atoms with Gasteiger partial charge >= 0.3 is 0 Å². The van der Waals surface area contributed by atoms with E-state index in [4.69, 9.17) is 24.3 Å². The molecule has 0 fully saturated rings. The van der Waals surface area contributed by atoms with Crippen LogP contribution in [-0.2, 0) is 62.4 Å². The third-order valence-electron chi connectivity index (χ3n) is 11.0. The molecule has 6 atom stereocenters. The Bertz CT molecular complexity index is 2560. The van der Waals surface area contributed by atoms with Crippen LogP contribution in [0.15, 0.2) is 78.3 Å². The number of benzene rings is 2. The molecule has 4 aromatic rings. The number of imidazole rings is 1. The summed E-state index contributed by atoms with van der Waals surface area (Å²) in [5, 5.41) is 14.1. The second-order valence-electron chi connectivity index (χ2n) is 16.7. The van der Waals surface area contributed by atoms with Crippen LogP contribution in [0.2, 0.25) is 2.82 Å². The minimum absolute atomic E-state index is 0.0354. The Morgan fingerprint density at radius 1 is 0.648 bits per heavy atom. The van der Waals surface area contributed by atoms with E-state index >= 15 is 0 Å². The summed E-state index contributed by atoms with van der Waals surface area (Å²) in [6.07, 6.45) is 3.87. The fourth-order valence-electron chi connectivity index (χ4n) is 7.39. The van der Waals surface area contributed by atoms with E-state index < -0.39 is 109 Å². The van der Waals surface area contributed by atoms with Crippen LogP contribution >= 0.6 is 0 Å². The summed E-state index contributed by atoms with van der Waals surface area (Å²) in [6, 6.07) is 6.36. The zero-order valence-electron chi connectivity index (χ0n) is 41.7. The molecule has 0 saturated carbocycles. The van der Waals surface area contributed by atoms with Crippen LogP contribution in [0.1, 0.15) is 75.6 Å². The van der Waals surface area contributed by atoms with Gasteiger partial charge in [0.25, 0.3) is 0 Å². The molecule has 0 aliphatic heterocycles. The van der Waals surface area contributed by atoms with Crippen LogP contribution in [0.3, 0.4) is 0 Å². The summed E-state index contributed by atoms with van der Waals surface area (Å²) >= 11 is 0. The van der Waals surface area contributed by atoms with E-state index in [2.05, 4.69) is 46.5 Å². The zero-order chi connectivity index (χ0) is 53.6. The molecule has 2 heterocycles. The van der Waals surface area contributed by atoms with Crippen LogP contribution < -0.4 is 60.1 Å². The smallest absolute Gasteiger partial charge is 0.243 e. The molecular formula is C47H65N15O9. The second-order valence-corrected chi connectivity index (χ2v) is 16.7. The average molecular weight is 986 g/mol. The lowest BCUT2D eigenvalue weighted by atomic mass is 10.0. The number of aliphatic imine (C=N–C) groups is 1. The number of rotatable bonds is 30. The number of hydrogen-bond donors (Lipinski definition) is 13. The number of amides is 9. The van der Waals surface area contributed by atoms with Gasteiger partial charge in [-0.2, -0.15) is 0 Å². The molecule has 0 aliphatic carbocycles. The predicted molar refractivity (Wildman–Crippen MR) is 262 cm³/mol. The molecule has 71 heavy (non-hydrogen) atoms. The number of unbranched alkanes of at least 4 members (excludes halogenated alkanes) is 1. The van der Waals surface area contributed by atoms with Gasteiger partial charge < -0.3 is 70.1 Å². The Morgan fingerprint density at radius 2 is 1.25 bits per heavy atom. The van der Waals surface area contributed by atoms with Crippen LogP contribution in [-0.4, -0.2) is 123 Å². The van der Waals surface area contributed by atoms with E-state index in [-0.39, 0.29) is 56.7 Å². The van der Waals surface area contributed by atoms with Gasteiger partial charge in [0.15, 0.2) is 8.78 Å². The summed E-state index contributed by atoms with van der Waals surface area (Å²) in [5.41, 5.74) is 23.9. The molecule has 0 saturated heterocycles. The molecule has 4 rings (SSSR count). The van der Waals surface area contributed by atoms with Gasteiger partial charge in [-0.15, -0.1) is 0 Å².